The lowest BCUT2D eigenvalue weighted by molar-refractivity contribution is -0.121. The summed E-state index contributed by atoms with van der Waals surface area (Å²) < 4.78 is 27.1. The number of benzene rings is 1. The molecule has 1 N–H and O–H groups in total. The SMILES string of the molecule is O=C(Nc1nccs1)C1CCCN(C(=O)c2cccc(S(=O)(=O)N3CCCC3)c2)C1. The average Bonchev–Trinajstić information content (AvgIpc) is 3.48. The third-order valence-corrected chi connectivity index (χ3v) is 8.11. The maximum absolute atomic E-state index is 13.1. The number of carbonyl (C=O) groups is 2. The minimum absolute atomic E-state index is 0.144. The number of nitrogens with one attached hydrogen (secondary N) is 1. The molecule has 2 saturated heterocycles. The molecule has 0 spiro atoms. The van der Waals surface area contributed by atoms with Crippen molar-refractivity contribution in [3.05, 3.63) is 41.4 Å². The lowest BCUT2D eigenvalue weighted by Gasteiger charge is -2.32. The summed E-state index contributed by atoms with van der Waals surface area (Å²) in [5, 5.41) is 5.13. The molecule has 1 atom stereocenters. The van der Waals surface area contributed by atoms with Crippen molar-refractivity contribution < 1.29 is 18.0 Å². The predicted octanol–water partition coefficient (Wildman–Crippen LogP) is 2.42. The summed E-state index contributed by atoms with van der Waals surface area (Å²) in [4.78, 5) is 31.4. The van der Waals surface area contributed by atoms with Crippen LogP contribution in [0.25, 0.3) is 0 Å². The van der Waals surface area contributed by atoms with E-state index in [-0.39, 0.29) is 22.6 Å². The van der Waals surface area contributed by atoms with E-state index in [0.717, 1.165) is 12.8 Å². The van der Waals surface area contributed by atoms with Gasteiger partial charge in [0.05, 0.1) is 10.8 Å². The Morgan fingerprint density at radius 1 is 1.13 bits per heavy atom. The molecule has 160 valence electrons. The topological polar surface area (TPSA) is 99.7 Å². The summed E-state index contributed by atoms with van der Waals surface area (Å²) in [5.41, 5.74) is 0.330. The van der Waals surface area contributed by atoms with Crippen LogP contribution in [0, 0.1) is 5.92 Å². The van der Waals surface area contributed by atoms with Crippen molar-refractivity contribution in [1.82, 2.24) is 14.2 Å². The third-order valence-electron chi connectivity index (χ3n) is 5.53. The molecule has 4 rings (SSSR count). The van der Waals surface area contributed by atoms with Crippen molar-refractivity contribution in [1.29, 1.82) is 0 Å². The summed E-state index contributed by atoms with van der Waals surface area (Å²) in [5.74, 6) is -0.712. The van der Waals surface area contributed by atoms with Gasteiger partial charge in [-0.1, -0.05) is 6.07 Å². The van der Waals surface area contributed by atoms with E-state index >= 15 is 0 Å². The van der Waals surface area contributed by atoms with Crippen LogP contribution in [0.1, 0.15) is 36.0 Å². The zero-order valence-corrected chi connectivity index (χ0v) is 18.1. The van der Waals surface area contributed by atoms with Crippen LogP contribution in [0.15, 0.2) is 40.7 Å². The number of likely N-dealkylation sites (tertiary alicyclic amines) is 1. The fourth-order valence-corrected chi connectivity index (χ4v) is 6.01. The first-order valence-electron chi connectivity index (χ1n) is 10.0. The summed E-state index contributed by atoms with van der Waals surface area (Å²) >= 11 is 1.35. The summed E-state index contributed by atoms with van der Waals surface area (Å²) in [6.45, 7) is 1.88. The molecule has 1 aromatic carbocycles. The molecule has 0 aliphatic carbocycles. The van der Waals surface area contributed by atoms with Crippen LogP contribution in [0.4, 0.5) is 5.13 Å². The van der Waals surface area contributed by atoms with Crippen LogP contribution in [0.2, 0.25) is 0 Å². The first kappa shape index (κ1) is 21.0. The van der Waals surface area contributed by atoms with Gasteiger partial charge in [0.25, 0.3) is 5.91 Å². The molecule has 2 fully saturated rings. The van der Waals surface area contributed by atoms with E-state index in [2.05, 4.69) is 10.3 Å². The highest BCUT2D eigenvalue weighted by Gasteiger charge is 2.31. The number of nitrogens with zero attached hydrogens (tertiary/aromatic N) is 3. The van der Waals surface area contributed by atoms with Gasteiger partial charge in [-0.3, -0.25) is 9.59 Å². The Labute approximate surface area is 180 Å². The second kappa shape index (κ2) is 8.83. The maximum atomic E-state index is 13.1. The molecule has 0 bridgehead atoms. The van der Waals surface area contributed by atoms with Gasteiger partial charge < -0.3 is 10.2 Å². The van der Waals surface area contributed by atoms with Gasteiger partial charge in [-0.05, 0) is 43.9 Å². The highest BCUT2D eigenvalue weighted by Crippen LogP contribution is 2.24. The first-order chi connectivity index (χ1) is 14.4. The highest BCUT2D eigenvalue weighted by molar-refractivity contribution is 7.89. The van der Waals surface area contributed by atoms with E-state index in [1.807, 2.05) is 0 Å². The van der Waals surface area contributed by atoms with Crippen molar-refractivity contribution in [2.24, 2.45) is 5.92 Å². The minimum Gasteiger partial charge on any atom is -0.338 e. The molecular formula is C20H24N4O4S2. The Kier molecular flexibility index (Phi) is 6.16. The first-order valence-corrected chi connectivity index (χ1v) is 12.4. The molecule has 2 amide bonds. The average molecular weight is 449 g/mol. The van der Waals surface area contributed by atoms with Gasteiger partial charge in [0.2, 0.25) is 15.9 Å². The smallest absolute Gasteiger partial charge is 0.253 e. The molecule has 8 nitrogen and oxygen atoms in total. The fraction of sp³-hybridized carbons (Fsp3) is 0.450. The Balaban J connectivity index is 1.46. The minimum atomic E-state index is -3.59. The van der Waals surface area contributed by atoms with Gasteiger partial charge in [0, 0.05) is 43.3 Å². The van der Waals surface area contributed by atoms with Crippen molar-refractivity contribution in [2.75, 3.05) is 31.5 Å². The van der Waals surface area contributed by atoms with Gasteiger partial charge in [-0.15, -0.1) is 11.3 Å². The van der Waals surface area contributed by atoms with Crippen molar-refractivity contribution in [3.8, 4) is 0 Å². The highest BCUT2D eigenvalue weighted by atomic mass is 32.2. The fourth-order valence-electron chi connectivity index (χ4n) is 3.92. The molecule has 30 heavy (non-hydrogen) atoms. The number of carbonyl (C=O) groups excluding carboxylic acids is 2. The van der Waals surface area contributed by atoms with E-state index < -0.39 is 10.0 Å². The number of piperidine rings is 1. The number of thiazole rings is 1. The van der Waals surface area contributed by atoms with Crippen molar-refractivity contribution in [3.63, 3.8) is 0 Å². The van der Waals surface area contributed by atoms with Crippen LogP contribution < -0.4 is 5.32 Å². The number of amides is 2. The van der Waals surface area contributed by atoms with Crippen LogP contribution in [0.3, 0.4) is 0 Å². The number of hydrogen-bond acceptors (Lipinski definition) is 6. The van der Waals surface area contributed by atoms with Gasteiger partial charge in [0.15, 0.2) is 5.13 Å². The number of sulfonamides is 1. The van der Waals surface area contributed by atoms with Crippen LogP contribution >= 0.6 is 11.3 Å². The number of hydrogen-bond donors (Lipinski definition) is 1. The summed E-state index contributed by atoms with van der Waals surface area (Å²) in [6, 6.07) is 6.22. The van der Waals surface area contributed by atoms with Gasteiger partial charge in [-0.25, -0.2) is 13.4 Å². The molecule has 10 heteroatoms. The molecule has 3 heterocycles. The Morgan fingerprint density at radius 3 is 2.67 bits per heavy atom. The van der Waals surface area contributed by atoms with Crippen molar-refractivity contribution in [2.45, 2.75) is 30.6 Å². The van der Waals surface area contributed by atoms with Gasteiger partial charge >= 0.3 is 0 Å². The van der Waals surface area contributed by atoms with Crippen LogP contribution in [0.5, 0.6) is 0 Å². The molecule has 2 aliphatic heterocycles. The molecule has 0 radical (unpaired) electrons. The molecular weight excluding hydrogens is 424 g/mol. The van der Waals surface area contributed by atoms with Crippen LogP contribution in [-0.4, -0.2) is 60.6 Å². The van der Waals surface area contributed by atoms with Crippen molar-refractivity contribution >= 4 is 38.3 Å². The number of aromatic nitrogens is 1. The van der Waals surface area contributed by atoms with Gasteiger partial charge in [-0.2, -0.15) is 4.31 Å². The number of rotatable bonds is 5. The van der Waals surface area contributed by atoms with E-state index in [4.69, 9.17) is 0 Å². The third kappa shape index (κ3) is 4.40. The predicted molar refractivity (Wildman–Crippen MR) is 114 cm³/mol. The van der Waals surface area contributed by atoms with E-state index in [9.17, 15) is 18.0 Å². The van der Waals surface area contributed by atoms with E-state index in [1.165, 1.54) is 27.8 Å². The molecule has 0 saturated carbocycles. The zero-order valence-electron chi connectivity index (χ0n) is 16.5. The zero-order chi connectivity index (χ0) is 21.1. The largest absolute Gasteiger partial charge is 0.338 e. The summed E-state index contributed by atoms with van der Waals surface area (Å²) in [6.07, 6.45) is 4.75. The second-order valence-electron chi connectivity index (χ2n) is 7.56. The molecule has 2 aromatic rings. The Bertz CT molecular complexity index is 1020. The number of anilines is 1. The lowest BCUT2D eigenvalue weighted by atomic mass is 9.96. The molecule has 1 unspecified atom stereocenters. The lowest BCUT2D eigenvalue weighted by Crippen LogP contribution is -2.43. The monoisotopic (exact) mass is 448 g/mol. The second-order valence-corrected chi connectivity index (χ2v) is 10.4. The van der Waals surface area contributed by atoms with Crippen LogP contribution in [-0.2, 0) is 14.8 Å². The molecule has 1 aromatic heterocycles. The quantitative estimate of drug-likeness (QED) is 0.757. The maximum Gasteiger partial charge on any atom is 0.253 e. The van der Waals surface area contributed by atoms with Gasteiger partial charge in [0.1, 0.15) is 0 Å². The molecule has 2 aliphatic rings. The standard InChI is InChI=1S/C20H24N4O4S2/c25-18(22-20-21-8-12-29-20)16-6-4-9-23(14-16)19(26)15-5-3-7-17(13-15)30(27,28)24-10-1-2-11-24/h3,5,7-8,12-13,16H,1-2,4,6,9-11,14H2,(H,21,22,25). The van der Waals surface area contributed by atoms with E-state index in [0.29, 0.717) is 49.7 Å². The normalized spacial score (nSPS) is 20.3. The summed E-state index contributed by atoms with van der Waals surface area (Å²) in [7, 11) is -3.59. The van der Waals surface area contributed by atoms with E-state index in [1.54, 1.807) is 28.6 Å². The Morgan fingerprint density at radius 2 is 1.93 bits per heavy atom. The Hall–Kier alpha value is -2.30.